The van der Waals surface area contributed by atoms with Crippen molar-refractivity contribution in [3.63, 3.8) is 0 Å². The number of hydrogen-bond donors (Lipinski definition) is 1. The third-order valence-electron chi connectivity index (χ3n) is 8.99. The maximum Gasteiger partial charge on any atom is 0.119 e. The fourth-order valence-corrected chi connectivity index (χ4v) is 6.82. The van der Waals surface area contributed by atoms with Crippen LogP contribution in [-0.2, 0) is 12.8 Å². The summed E-state index contributed by atoms with van der Waals surface area (Å²) in [6.45, 7) is 4.23. The highest BCUT2D eigenvalue weighted by molar-refractivity contribution is 6.00. The van der Waals surface area contributed by atoms with Gasteiger partial charge in [-0.05, 0) is 134 Å². The molecule has 0 aromatic heterocycles. The molecule has 3 aromatic rings. The number of benzene rings is 3. The second kappa shape index (κ2) is 13.5. The molecule has 3 aromatic carbocycles. The van der Waals surface area contributed by atoms with Gasteiger partial charge in [-0.15, -0.1) is 0 Å². The lowest BCUT2D eigenvalue weighted by atomic mass is 9.84. The number of halogens is 1. The number of aryl methyl sites for hydroxylation is 3. The third kappa shape index (κ3) is 6.79. The third-order valence-corrected chi connectivity index (χ3v) is 8.99. The number of hydrogen-bond acceptors (Lipinski definition) is 2. The predicted octanol–water partition coefficient (Wildman–Crippen LogP) is 10.0. The minimum absolute atomic E-state index is 0.181. The van der Waals surface area contributed by atoms with Gasteiger partial charge in [-0.3, -0.25) is 4.39 Å². The van der Waals surface area contributed by atoms with Gasteiger partial charge in [0.05, 0.1) is 12.8 Å². The minimum Gasteiger partial charge on any atom is -0.508 e. The van der Waals surface area contributed by atoms with E-state index in [0.717, 1.165) is 63.0 Å². The minimum atomic E-state index is -0.181. The van der Waals surface area contributed by atoms with Crippen molar-refractivity contribution < 1.29 is 14.2 Å². The van der Waals surface area contributed by atoms with Crippen molar-refractivity contribution in [1.29, 1.82) is 0 Å². The van der Waals surface area contributed by atoms with Crippen LogP contribution in [0.2, 0.25) is 0 Å². The number of phenols is 1. The van der Waals surface area contributed by atoms with Crippen molar-refractivity contribution in [2.45, 2.75) is 97.0 Å². The van der Waals surface area contributed by atoms with Gasteiger partial charge in [0.2, 0.25) is 0 Å². The van der Waals surface area contributed by atoms with E-state index in [1.807, 2.05) is 12.1 Å². The van der Waals surface area contributed by atoms with E-state index in [2.05, 4.69) is 62.4 Å². The molecule has 1 N–H and O–H groups in total. The zero-order valence-electron chi connectivity index (χ0n) is 24.4. The SMILES string of the molecule is CCc1cc(C)ccc1C1=C(c2ccc(OC3CCC(CCCCCF)CC3)cc2)c2ccc(O)cc2CCC1. The normalized spacial score (nSPS) is 19.3. The smallest absolute Gasteiger partial charge is 0.119 e. The Labute approximate surface area is 240 Å². The summed E-state index contributed by atoms with van der Waals surface area (Å²) in [6.07, 6.45) is 13.1. The lowest BCUT2D eigenvalue weighted by molar-refractivity contribution is 0.127. The van der Waals surface area contributed by atoms with E-state index in [1.54, 1.807) is 0 Å². The van der Waals surface area contributed by atoms with E-state index in [1.165, 1.54) is 63.8 Å². The zero-order valence-corrected chi connectivity index (χ0v) is 24.4. The van der Waals surface area contributed by atoms with Crippen molar-refractivity contribution in [3.8, 4) is 11.5 Å². The van der Waals surface area contributed by atoms with Crippen molar-refractivity contribution in [2.75, 3.05) is 6.67 Å². The topological polar surface area (TPSA) is 29.5 Å². The van der Waals surface area contributed by atoms with Crippen molar-refractivity contribution in [3.05, 3.63) is 94.0 Å². The average Bonchev–Trinajstić information content (AvgIpc) is 3.15. The summed E-state index contributed by atoms with van der Waals surface area (Å²) in [6, 6.07) is 21.5. The molecular weight excluding hydrogens is 495 g/mol. The first-order chi connectivity index (χ1) is 19.6. The van der Waals surface area contributed by atoms with Crippen LogP contribution in [-0.4, -0.2) is 17.9 Å². The summed E-state index contributed by atoms with van der Waals surface area (Å²) < 4.78 is 18.8. The van der Waals surface area contributed by atoms with Crippen LogP contribution in [0, 0.1) is 12.8 Å². The number of alkyl halides is 1. The molecule has 0 aliphatic heterocycles. The highest BCUT2D eigenvalue weighted by atomic mass is 19.1. The number of rotatable bonds is 10. The molecular formula is C37H45FO2. The van der Waals surface area contributed by atoms with Crippen LogP contribution in [0.3, 0.4) is 0 Å². The van der Waals surface area contributed by atoms with Crippen LogP contribution in [0.4, 0.5) is 4.39 Å². The first kappa shape index (κ1) is 28.5. The molecule has 0 radical (unpaired) electrons. The molecule has 2 aliphatic carbocycles. The van der Waals surface area contributed by atoms with Gasteiger partial charge in [-0.2, -0.15) is 0 Å². The average molecular weight is 541 g/mol. The summed E-state index contributed by atoms with van der Waals surface area (Å²) in [4.78, 5) is 0. The van der Waals surface area contributed by atoms with E-state index < -0.39 is 0 Å². The van der Waals surface area contributed by atoms with E-state index in [4.69, 9.17) is 4.74 Å². The number of aromatic hydroxyl groups is 1. The molecule has 0 spiro atoms. The Morgan fingerprint density at radius 3 is 2.38 bits per heavy atom. The summed E-state index contributed by atoms with van der Waals surface area (Å²) in [5, 5.41) is 10.3. The highest BCUT2D eigenvalue weighted by Crippen LogP contribution is 2.42. The van der Waals surface area contributed by atoms with E-state index in [-0.39, 0.29) is 12.8 Å². The number of unbranched alkanes of at least 4 members (excludes halogenated alkanes) is 2. The van der Waals surface area contributed by atoms with Crippen LogP contribution in [0.15, 0.2) is 60.7 Å². The fraction of sp³-hybridized carbons (Fsp3) is 0.459. The number of allylic oxidation sites excluding steroid dienone is 1. The number of phenolic OH excluding ortho intramolecular Hbond substituents is 1. The Bertz CT molecular complexity index is 1300. The van der Waals surface area contributed by atoms with Crippen molar-refractivity contribution in [1.82, 2.24) is 0 Å². The molecule has 0 heterocycles. The first-order valence-electron chi connectivity index (χ1n) is 15.5. The molecule has 2 nitrogen and oxygen atoms in total. The Hall–Kier alpha value is -3.07. The largest absolute Gasteiger partial charge is 0.508 e. The Morgan fingerprint density at radius 2 is 1.62 bits per heavy atom. The molecule has 3 heteroatoms. The Balaban J connectivity index is 1.39. The predicted molar refractivity (Wildman–Crippen MR) is 165 cm³/mol. The molecule has 0 unspecified atom stereocenters. The zero-order chi connectivity index (χ0) is 27.9. The Kier molecular flexibility index (Phi) is 9.62. The van der Waals surface area contributed by atoms with Gasteiger partial charge in [0.1, 0.15) is 11.5 Å². The quantitative estimate of drug-likeness (QED) is 0.259. The van der Waals surface area contributed by atoms with Crippen molar-refractivity contribution >= 4 is 11.1 Å². The standard InChI is InChI=1S/C37H45FO2/c1-3-28-24-26(2)11-21-34(28)36-10-7-9-30-25-31(39)16-22-35(30)37(36)29-14-19-33(20-15-29)40-32-17-12-27(13-18-32)8-5-4-6-23-38/h11,14-16,19-22,24-25,27,32,39H,3-10,12-13,17-18,23H2,1-2H3. The molecule has 1 saturated carbocycles. The second-order valence-corrected chi connectivity index (χ2v) is 11.9. The summed E-state index contributed by atoms with van der Waals surface area (Å²) >= 11 is 0. The van der Waals surface area contributed by atoms with Crippen molar-refractivity contribution in [2.24, 2.45) is 5.92 Å². The monoisotopic (exact) mass is 540 g/mol. The lowest BCUT2D eigenvalue weighted by Crippen LogP contribution is -2.24. The molecule has 0 bridgehead atoms. The summed E-state index contributed by atoms with van der Waals surface area (Å²) in [5.41, 5.74) is 10.4. The van der Waals surface area contributed by atoms with Crippen LogP contribution >= 0.6 is 0 Å². The molecule has 0 saturated heterocycles. The molecule has 212 valence electrons. The molecule has 40 heavy (non-hydrogen) atoms. The van der Waals surface area contributed by atoms with Crippen LogP contribution in [0.1, 0.15) is 105 Å². The van der Waals surface area contributed by atoms with Gasteiger partial charge in [-0.25, -0.2) is 0 Å². The van der Waals surface area contributed by atoms with Gasteiger partial charge >= 0.3 is 0 Å². The number of fused-ring (bicyclic) bond motifs is 1. The summed E-state index contributed by atoms with van der Waals surface area (Å²) in [5.74, 6) is 2.06. The molecule has 5 rings (SSSR count). The van der Waals surface area contributed by atoms with Gasteiger partial charge in [0, 0.05) is 0 Å². The van der Waals surface area contributed by atoms with E-state index in [0.29, 0.717) is 12.2 Å². The molecule has 0 atom stereocenters. The molecule has 0 amide bonds. The fourth-order valence-electron chi connectivity index (χ4n) is 6.82. The van der Waals surface area contributed by atoms with E-state index in [9.17, 15) is 9.50 Å². The number of ether oxygens (including phenoxy) is 1. The van der Waals surface area contributed by atoms with E-state index >= 15 is 0 Å². The molecule has 1 fully saturated rings. The van der Waals surface area contributed by atoms with Gasteiger partial charge in [0.25, 0.3) is 0 Å². The first-order valence-corrected chi connectivity index (χ1v) is 15.5. The lowest BCUT2D eigenvalue weighted by Gasteiger charge is -2.29. The maximum atomic E-state index is 12.4. The summed E-state index contributed by atoms with van der Waals surface area (Å²) in [7, 11) is 0. The Morgan fingerprint density at radius 1 is 0.850 bits per heavy atom. The molecule has 2 aliphatic rings. The van der Waals surface area contributed by atoms with Crippen LogP contribution in [0.25, 0.3) is 11.1 Å². The maximum absolute atomic E-state index is 12.4. The van der Waals surface area contributed by atoms with Crippen LogP contribution in [0.5, 0.6) is 11.5 Å². The van der Waals surface area contributed by atoms with Gasteiger partial charge < -0.3 is 9.84 Å². The van der Waals surface area contributed by atoms with Crippen LogP contribution < -0.4 is 4.74 Å². The van der Waals surface area contributed by atoms with Gasteiger partial charge in [0.15, 0.2) is 0 Å². The second-order valence-electron chi connectivity index (χ2n) is 11.9. The van der Waals surface area contributed by atoms with Gasteiger partial charge in [-0.1, -0.05) is 68.1 Å². The highest BCUT2D eigenvalue weighted by Gasteiger charge is 2.24.